The number of nitrogens with zero attached hydrogens (tertiary/aromatic N) is 7. The number of imidazole rings is 1. The van der Waals surface area contributed by atoms with Crippen LogP contribution >= 0.6 is 0 Å². The lowest BCUT2D eigenvalue weighted by atomic mass is 9.99. The van der Waals surface area contributed by atoms with E-state index in [-0.39, 0.29) is 5.91 Å². The number of rotatable bonds is 6. The quantitative estimate of drug-likeness (QED) is 0.292. The van der Waals surface area contributed by atoms with E-state index in [1.165, 1.54) is 11.1 Å². The highest BCUT2D eigenvalue weighted by molar-refractivity contribution is 6.03. The fourth-order valence-electron chi connectivity index (χ4n) is 5.37. The third-order valence-corrected chi connectivity index (χ3v) is 7.43. The van der Waals surface area contributed by atoms with Gasteiger partial charge in [0.2, 0.25) is 5.95 Å². The fourth-order valence-corrected chi connectivity index (χ4v) is 5.37. The average molecular weight is 556 g/mol. The van der Waals surface area contributed by atoms with E-state index in [0.717, 1.165) is 53.5 Å². The molecule has 2 aromatic carbocycles. The van der Waals surface area contributed by atoms with Crippen LogP contribution in [-0.4, -0.2) is 53.5 Å². The molecular formula is C32H29N9O. The van der Waals surface area contributed by atoms with Gasteiger partial charge in [-0.1, -0.05) is 24.3 Å². The minimum absolute atomic E-state index is 0.275. The molecule has 1 aliphatic heterocycles. The van der Waals surface area contributed by atoms with E-state index in [1.54, 1.807) is 30.2 Å². The van der Waals surface area contributed by atoms with Crippen LogP contribution in [0.15, 0.2) is 91.4 Å². The number of likely N-dealkylation sites (N-methyl/N-ethyl adjacent to an activating group) is 1. The number of carbonyl (C=O) groups is 1. The molecule has 1 aliphatic rings. The molecule has 4 aromatic heterocycles. The highest BCUT2D eigenvalue weighted by Crippen LogP contribution is 2.33. The van der Waals surface area contributed by atoms with Crippen molar-refractivity contribution in [3.05, 3.63) is 108 Å². The van der Waals surface area contributed by atoms with Crippen LogP contribution in [0.2, 0.25) is 0 Å². The third-order valence-electron chi connectivity index (χ3n) is 7.43. The molecule has 208 valence electrons. The highest BCUT2D eigenvalue weighted by Gasteiger charge is 2.19. The Labute approximate surface area is 242 Å². The van der Waals surface area contributed by atoms with Crippen molar-refractivity contribution in [1.82, 2.24) is 34.0 Å². The average Bonchev–Trinajstić information content (AvgIpc) is 3.61. The summed E-state index contributed by atoms with van der Waals surface area (Å²) in [6.45, 7) is 2.00. The molecule has 42 heavy (non-hydrogen) atoms. The van der Waals surface area contributed by atoms with Crippen LogP contribution < -0.4 is 10.6 Å². The first-order valence-electron chi connectivity index (χ1n) is 13.8. The number of fused-ring (bicyclic) bond motifs is 2. The number of benzene rings is 2. The first-order chi connectivity index (χ1) is 20.5. The number of aryl methyl sites for hydroxylation is 1. The normalized spacial score (nSPS) is 13.2. The summed E-state index contributed by atoms with van der Waals surface area (Å²) in [7, 11) is 3.93. The maximum atomic E-state index is 12.8. The summed E-state index contributed by atoms with van der Waals surface area (Å²) in [5.74, 6) is 0.230. The topological polar surface area (TPSA) is 105 Å². The van der Waals surface area contributed by atoms with Gasteiger partial charge in [0.1, 0.15) is 5.65 Å². The van der Waals surface area contributed by atoms with Crippen LogP contribution in [0.25, 0.3) is 28.3 Å². The largest absolute Gasteiger partial charge is 0.324 e. The zero-order valence-electron chi connectivity index (χ0n) is 23.3. The van der Waals surface area contributed by atoms with E-state index in [2.05, 4.69) is 50.9 Å². The molecule has 0 unspecified atom stereocenters. The monoisotopic (exact) mass is 555 g/mol. The Kier molecular flexibility index (Phi) is 6.44. The summed E-state index contributed by atoms with van der Waals surface area (Å²) in [6, 6.07) is 23.6. The number of hydrogen-bond acceptors (Lipinski definition) is 7. The molecule has 5 heterocycles. The van der Waals surface area contributed by atoms with Gasteiger partial charge in [-0.2, -0.15) is 5.10 Å². The lowest BCUT2D eigenvalue weighted by Crippen LogP contribution is -2.26. The van der Waals surface area contributed by atoms with E-state index in [1.807, 2.05) is 59.1 Å². The van der Waals surface area contributed by atoms with Gasteiger partial charge in [0.25, 0.3) is 5.91 Å². The van der Waals surface area contributed by atoms with E-state index < -0.39 is 0 Å². The van der Waals surface area contributed by atoms with Gasteiger partial charge in [-0.15, -0.1) is 0 Å². The summed E-state index contributed by atoms with van der Waals surface area (Å²) in [5, 5.41) is 10.5. The van der Waals surface area contributed by atoms with Gasteiger partial charge in [-0.3, -0.25) is 13.9 Å². The SMILES string of the molecule is CN1CCc2ccc(Nc3nccc(-c4c(-c5cccc(NC(=O)c6ccn(C)n6)c5)nc5ccccn45)n3)cc2C1. The number of aromatic nitrogens is 6. The summed E-state index contributed by atoms with van der Waals surface area (Å²) < 4.78 is 3.62. The minimum Gasteiger partial charge on any atom is -0.324 e. The number of amides is 1. The number of nitrogens with one attached hydrogen (secondary N) is 2. The second-order valence-electron chi connectivity index (χ2n) is 10.5. The Morgan fingerprint density at radius 3 is 2.69 bits per heavy atom. The van der Waals surface area contributed by atoms with Gasteiger partial charge >= 0.3 is 0 Å². The van der Waals surface area contributed by atoms with E-state index >= 15 is 0 Å². The molecule has 0 saturated heterocycles. The van der Waals surface area contributed by atoms with E-state index in [4.69, 9.17) is 9.97 Å². The maximum absolute atomic E-state index is 12.8. The maximum Gasteiger partial charge on any atom is 0.276 e. The second kappa shape index (κ2) is 10.6. The van der Waals surface area contributed by atoms with Crippen LogP contribution in [0.3, 0.4) is 0 Å². The summed E-state index contributed by atoms with van der Waals surface area (Å²) in [5.41, 5.74) is 8.60. The number of anilines is 3. The molecule has 0 saturated carbocycles. The molecular weight excluding hydrogens is 526 g/mol. The van der Waals surface area contributed by atoms with Crippen molar-refractivity contribution in [3.8, 4) is 22.6 Å². The Bertz CT molecular complexity index is 1940. The van der Waals surface area contributed by atoms with Crippen LogP contribution in [-0.2, 0) is 20.0 Å². The van der Waals surface area contributed by atoms with Crippen molar-refractivity contribution in [2.24, 2.45) is 7.05 Å². The second-order valence-corrected chi connectivity index (χ2v) is 10.5. The van der Waals surface area contributed by atoms with Crippen molar-refractivity contribution in [2.45, 2.75) is 13.0 Å². The molecule has 0 bridgehead atoms. The van der Waals surface area contributed by atoms with Crippen LogP contribution in [0.1, 0.15) is 21.6 Å². The predicted molar refractivity (Wildman–Crippen MR) is 163 cm³/mol. The summed E-state index contributed by atoms with van der Waals surface area (Å²) in [4.78, 5) is 29.5. The Hall–Kier alpha value is -5.35. The Morgan fingerprint density at radius 2 is 1.81 bits per heavy atom. The predicted octanol–water partition coefficient (Wildman–Crippen LogP) is 5.18. The van der Waals surface area contributed by atoms with Gasteiger partial charge < -0.3 is 15.5 Å². The first-order valence-corrected chi connectivity index (χ1v) is 13.8. The molecule has 0 radical (unpaired) electrons. The lowest BCUT2D eigenvalue weighted by molar-refractivity contribution is 0.102. The molecule has 0 fully saturated rings. The molecule has 0 aliphatic carbocycles. The number of hydrogen-bond donors (Lipinski definition) is 2. The van der Waals surface area contributed by atoms with Gasteiger partial charge in [-0.25, -0.2) is 15.0 Å². The molecule has 0 spiro atoms. The van der Waals surface area contributed by atoms with Gasteiger partial charge in [0.15, 0.2) is 5.69 Å². The summed E-state index contributed by atoms with van der Waals surface area (Å²) >= 11 is 0. The molecule has 10 heteroatoms. The Balaban J connectivity index is 1.23. The van der Waals surface area contributed by atoms with Crippen LogP contribution in [0, 0.1) is 0 Å². The molecule has 2 N–H and O–H groups in total. The van der Waals surface area contributed by atoms with Crippen molar-refractivity contribution in [1.29, 1.82) is 0 Å². The van der Waals surface area contributed by atoms with E-state index in [9.17, 15) is 4.79 Å². The first kappa shape index (κ1) is 25.6. The van der Waals surface area contributed by atoms with E-state index in [0.29, 0.717) is 17.3 Å². The van der Waals surface area contributed by atoms with Crippen molar-refractivity contribution in [3.63, 3.8) is 0 Å². The number of pyridine rings is 1. The third kappa shape index (κ3) is 4.99. The standard InChI is InChI=1S/C32H29N9O/c1-39-16-12-21-9-10-25(19-23(21)20-39)35-32-33-14-11-26(36-32)30-29(37-28-8-3-4-15-41(28)30)22-6-5-7-24(18-22)34-31(42)27-13-17-40(2)38-27/h3-11,13-15,17-19H,12,16,20H2,1-2H3,(H,34,42)(H,33,35,36). The minimum atomic E-state index is -0.275. The van der Waals surface area contributed by atoms with Crippen LogP contribution in [0.4, 0.5) is 17.3 Å². The zero-order valence-corrected chi connectivity index (χ0v) is 23.3. The van der Waals surface area contributed by atoms with Crippen molar-refractivity contribution >= 4 is 28.9 Å². The molecule has 6 aromatic rings. The summed E-state index contributed by atoms with van der Waals surface area (Å²) in [6.07, 6.45) is 6.53. The van der Waals surface area contributed by atoms with Crippen molar-refractivity contribution < 1.29 is 4.79 Å². The molecule has 7 rings (SSSR count). The highest BCUT2D eigenvalue weighted by atomic mass is 16.1. The molecule has 1 amide bonds. The van der Waals surface area contributed by atoms with Gasteiger partial charge in [0, 0.05) is 55.7 Å². The molecule has 10 nitrogen and oxygen atoms in total. The number of carbonyl (C=O) groups excluding carboxylic acids is 1. The Morgan fingerprint density at radius 1 is 0.881 bits per heavy atom. The fraction of sp³-hybridized carbons (Fsp3) is 0.156. The zero-order chi connectivity index (χ0) is 28.6. The molecule has 0 atom stereocenters. The van der Waals surface area contributed by atoms with Gasteiger partial charge in [0.05, 0.1) is 17.1 Å². The van der Waals surface area contributed by atoms with Crippen molar-refractivity contribution in [2.75, 3.05) is 24.2 Å². The van der Waals surface area contributed by atoms with Gasteiger partial charge in [-0.05, 0) is 73.1 Å². The lowest BCUT2D eigenvalue weighted by Gasteiger charge is -2.25. The smallest absolute Gasteiger partial charge is 0.276 e. The van der Waals surface area contributed by atoms with Crippen LogP contribution in [0.5, 0.6) is 0 Å².